The molecule has 0 aliphatic heterocycles. The molecule has 0 aliphatic carbocycles. The molecule has 0 aliphatic rings. The predicted molar refractivity (Wildman–Crippen MR) is 93.3 cm³/mol. The van der Waals surface area contributed by atoms with Crippen LogP contribution in [0.5, 0.6) is 0 Å². The summed E-state index contributed by atoms with van der Waals surface area (Å²) in [6.07, 6.45) is 0. The first-order chi connectivity index (χ1) is 11.0. The number of rotatable bonds is 6. The molecule has 0 spiro atoms. The van der Waals surface area contributed by atoms with Crippen LogP contribution in [0.25, 0.3) is 0 Å². The van der Waals surface area contributed by atoms with E-state index in [9.17, 15) is 9.59 Å². The average molecular weight is 371 g/mol. The van der Waals surface area contributed by atoms with Gasteiger partial charge in [-0.15, -0.1) is 10.2 Å². The van der Waals surface area contributed by atoms with E-state index in [0.717, 1.165) is 10.1 Å². The van der Waals surface area contributed by atoms with Crippen molar-refractivity contribution in [3.05, 3.63) is 34.9 Å². The number of nitrogens with zero attached hydrogens (tertiary/aromatic N) is 2. The number of thioether (sulfide) groups is 1. The summed E-state index contributed by atoms with van der Waals surface area (Å²) in [6.45, 7) is 3.60. The van der Waals surface area contributed by atoms with Gasteiger partial charge in [-0.2, -0.15) is 0 Å². The Hall–Kier alpha value is -1.64. The van der Waals surface area contributed by atoms with E-state index in [1.165, 1.54) is 11.3 Å². The first kappa shape index (κ1) is 17.7. The second kappa shape index (κ2) is 8.28. The fraction of sp³-hybridized carbons (Fsp3) is 0.286. The van der Waals surface area contributed by atoms with Crippen LogP contribution in [0.2, 0.25) is 5.02 Å². The summed E-state index contributed by atoms with van der Waals surface area (Å²) >= 11 is 8.81. The number of carbonyl (C=O) groups is 2. The second-order valence-electron chi connectivity index (χ2n) is 4.47. The minimum Gasteiger partial charge on any atom is -0.340 e. The number of anilines is 1. The Bertz CT molecular complexity index is 708. The smallest absolute Gasteiger partial charge is 0.253 e. The van der Waals surface area contributed by atoms with E-state index in [1.54, 1.807) is 43.0 Å². The Balaban J connectivity index is 1.94. The monoisotopic (exact) mass is 370 g/mol. The second-order valence-corrected chi connectivity index (χ2v) is 7.37. The van der Waals surface area contributed by atoms with Crippen molar-refractivity contribution < 1.29 is 9.59 Å². The van der Waals surface area contributed by atoms with Crippen molar-refractivity contribution in [2.45, 2.75) is 24.2 Å². The van der Waals surface area contributed by atoms with Crippen LogP contribution < -0.4 is 10.6 Å². The quantitative estimate of drug-likeness (QED) is 0.603. The minimum atomic E-state index is -0.732. The molecule has 0 bridgehead atoms. The van der Waals surface area contributed by atoms with Crippen LogP contribution in [0.4, 0.5) is 5.13 Å². The molecule has 23 heavy (non-hydrogen) atoms. The van der Waals surface area contributed by atoms with Gasteiger partial charge >= 0.3 is 0 Å². The van der Waals surface area contributed by atoms with Gasteiger partial charge in [0, 0.05) is 0 Å². The topological polar surface area (TPSA) is 84.0 Å². The standard InChI is InChI=1S/C14H15ClN4O2S2/c1-3-22-14-19-18-13(23-14)17-11(20)8(2)16-12(21)9-6-4-5-7-10(9)15/h4-8H,3H2,1-2H3,(H,16,21)(H,17,18,20)/t8-/m1/s1. The molecule has 6 nitrogen and oxygen atoms in total. The first-order valence-electron chi connectivity index (χ1n) is 6.83. The van der Waals surface area contributed by atoms with Crippen LogP contribution in [0.1, 0.15) is 24.2 Å². The van der Waals surface area contributed by atoms with E-state index in [2.05, 4.69) is 20.8 Å². The molecule has 0 unspecified atom stereocenters. The third-order valence-corrected chi connectivity index (χ3v) is 4.95. The summed E-state index contributed by atoms with van der Waals surface area (Å²) in [7, 11) is 0. The van der Waals surface area contributed by atoms with Gasteiger partial charge in [0.05, 0.1) is 10.6 Å². The SMILES string of the molecule is CCSc1nnc(NC(=O)[C@@H](C)NC(=O)c2ccccc2Cl)s1. The van der Waals surface area contributed by atoms with Gasteiger partial charge in [0.25, 0.3) is 5.91 Å². The molecule has 0 saturated carbocycles. The molecular formula is C14H15ClN4O2S2. The van der Waals surface area contributed by atoms with Gasteiger partial charge in [-0.25, -0.2) is 0 Å². The highest BCUT2D eigenvalue weighted by atomic mass is 35.5. The zero-order valence-electron chi connectivity index (χ0n) is 12.5. The van der Waals surface area contributed by atoms with Gasteiger partial charge in [0.15, 0.2) is 4.34 Å². The van der Waals surface area contributed by atoms with E-state index in [4.69, 9.17) is 11.6 Å². The summed E-state index contributed by atoms with van der Waals surface area (Å²) < 4.78 is 0.788. The molecule has 0 radical (unpaired) electrons. The molecule has 0 fully saturated rings. The van der Waals surface area contributed by atoms with Crippen LogP contribution in [-0.2, 0) is 4.79 Å². The van der Waals surface area contributed by atoms with Crippen LogP contribution in [-0.4, -0.2) is 33.8 Å². The summed E-state index contributed by atoms with van der Waals surface area (Å²) in [5, 5.41) is 13.8. The van der Waals surface area contributed by atoms with E-state index >= 15 is 0 Å². The number of benzene rings is 1. The van der Waals surface area contributed by atoms with Gasteiger partial charge < -0.3 is 5.32 Å². The van der Waals surface area contributed by atoms with Gasteiger partial charge in [-0.05, 0) is 24.8 Å². The van der Waals surface area contributed by atoms with Crippen molar-refractivity contribution in [3.63, 3.8) is 0 Å². The van der Waals surface area contributed by atoms with Crippen molar-refractivity contribution >= 4 is 51.6 Å². The molecule has 2 amide bonds. The molecule has 9 heteroatoms. The molecule has 122 valence electrons. The molecular weight excluding hydrogens is 356 g/mol. The van der Waals surface area contributed by atoms with Crippen LogP contribution >= 0.6 is 34.7 Å². The Morgan fingerprint density at radius 2 is 2.09 bits per heavy atom. The third-order valence-electron chi connectivity index (χ3n) is 2.76. The molecule has 1 aromatic heterocycles. The van der Waals surface area contributed by atoms with Crippen LogP contribution in [0, 0.1) is 0 Å². The Kier molecular flexibility index (Phi) is 6.37. The highest BCUT2D eigenvalue weighted by molar-refractivity contribution is 8.01. The maximum absolute atomic E-state index is 12.1. The van der Waals surface area contributed by atoms with Crippen molar-refractivity contribution in [1.29, 1.82) is 0 Å². The Morgan fingerprint density at radius 1 is 1.35 bits per heavy atom. The molecule has 1 aromatic carbocycles. The summed E-state index contributed by atoms with van der Waals surface area (Å²) in [6, 6.07) is 5.93. The lowest BCUT2D eigenvalue weighted by Crippen LogP contribution is -2.41. The molecule has 1 atom stereocenters. The highest BCUT2D eigenvalue weighted by Crippen LogP contribution is 2.25. The lowest BCUT2D eigenvalue weighted by atomic mass is 10.2. The third kappa shape index (κ3) is 4.92. The normalized spacial score (nSPS) is 11.8. The largest absolute Gasteiger partial charge is 0.340 e. The lowest BCUT2D eigenvalue weighted by molar-refractivity contribution is -0.117. The van der Waals surface area contributed by atoms with Gasteiger partial charge in [-0.3, -0.25) is 14.9 Å². The van der Waals surface area contributed by atoms with Gasteiger partial charge in [0.1, 0.15) is 6.04 Å². The van der Waals surface area contributed by atoms with Crippen LogP contribution in [0.15, 0.2) is 28.6 Å². The van der Waals surface area contributed by atoms with Crippen LogP contribution in [0.3, 0.4) is 0 Å². The number of halogens is 1. The van der Waals surface area contributed by atoms with E-state index < -0.39 is 11.9 Å². The van der Waals surface area contributed by atoms with Gasteiger partial charge in [-0.1, -0.05) is 53.8 Å². The fourth-order valence-electron chi connectivity index (χ4n) is 1.64. The van der Waals surface area contributed by atoms with Crippen molar-refractivity contribution in [1.82, 2.24) is 15.5 Å². The molecule has 2 rings (SSSR count). The van der Waals surface area contributed by atoms with Crippen molar-refractivity contribution in [2.24, 2.45) is 0 Å². The Morgan fingerprint density at radius 3 is 2.78 bits per heavy atom. The van der Waals surface area contributed by atoms with Gasteiger partial charge in [0.2, 0.25) is 11.0 Å². The lowest BCUT2D eigenvalue weighted by Gasteiger charge is -2.13. The summed E-state index contributed by atoms with van der Waals surface area (Å²) in [4.78, 5) is 24.2. The molecule has 2 N–H and O–H groups in total. The average Bonchev–Trinajstić information content (AvgIpc) is 2.95. The molecule has 0 saturated heterocycles. The van der Waals surface area contributed by atoms with E-state index in [0.29, 0.717) is 15.7 Å². The maximum atomic E-state index is 12.1. The number of carbonyl (C=O) groups excluding carboxylic acids is 2. The number of amides is 2. The van der Waals surface area contributed by atoms with E-state index in [-0.39, 0.29) is 5.91 Å². The number of nitrogens with one attached hydrogen (secondary N) is 2. The van der Waals surface area contributed by atoms with E-state index in [1.807, 2.05) is 6.92 Å². The minimum absolute atomic E-state index is 0.325. The molecule has 1 heterocycles. The zero-order valence-corrected chi connectivity index (χ0v) is 14.9. The first-order valence-corrected chi connectivity index (χ1v) is 9.01. The van der Waals surface area contributed by atoms with Crippen molar-refractivity contribution in [2.75, 3.05) is 11.1 Å². The highest BCUT2D eigenvalue weighted by Gasteiger charge is 2.19. The number of hydrogen-bond donors (Lipinski definition) is 2. The van der Waals surface area contributed by atoms with Crippen molar-refractivity contribution in [3.8, 4) is 0 Å². The Labute approximate surface area is 147 Å². The summed E-state index contributed by atoms with van der Waals surface area (Å²) in [5.74, 6) is 0.111. The number of aromatic nitrogens is 2. The zero-order chi connectivity index (χ0) is 16.8. The number of hydrogen-bond acceptors (Lipinski definition) is 6. The fourth-order valence-corrected chi connectivity index (χ4v) is 3.51. The maximum Gasteiger partial charge on any atom is 0.253 e. The summed E-state index contributed by atoms with van der Waals surface area (Å²) in [5.41, 5.74) is 0.325. The predicted octanol–water partition coefficient (Wildman–Crippen LogP) is 3.06. The molecule has 2 aromatic rings.